The van der Waals surface area contributed by atoms with Gasteiger partial charge in [-0.15, -0.1) is 0 Å². The first-order valence-corrected chi connectivity index (χ1v) is 6.77. The van der Waals surface area contributed by atoms with E-state index in [1.165, 1.54) is 6.20 Å². The third kappa shape index (κ3) is 2.32. The van der Waals surface area contributed by atoms with Crippen molar-refractivity contribution in [3.8, 4) is 0 Å². The molecule has 1 aromatic carbocycles. The second-order valence-corrected chi connectivity index (χ2v) is 5.20. The molecule has 3 rings (SSSR count). The average molecular weight is 271 g/mol. The number of hydrogen-bond acceptors (Lipinski definition) is 3. The topological polar surface area (TPSA) is 78.0 Å². The van der Waals surface area contributed by atoms with Crippen LogP contribution in [0.2, 0.25) is 0 Å². The molecule has 0 radical (unpaired) electrons. The predicted octanol–water partition coefficient (Wildman–Crippen LogP) is 1.36. The zero-order valence-electron chi connectivity index (χ0n) is 11.1. The maximum Gasteiger partial charge on any atom is 0.269 e. The van der Waals surface area contributed by atoms with Gasteiger partial charge < -0.3 is 10.4 Å². The van der Waals surface area contributed by atoms with Crippen LogP contribution in [0.15, 0.2) is 36.5 Å². The summed E-state index contributed by atoms with van der Waals surface area (Å²) < 4.78 is 0. The van der Waals surface area contributed by atoms with Gasteiger partial charge >= 0.3 is 0 Å². The van der Waals surface area contributed by atoms with Crippen molar-refractivity contribution in [2.45, 2.75) is 24.9 Å². The Bertz CT molecular complexity index is 609. The van der Waals surface area contributed by atoms with E-state index in [2.05, 4.69) is 15.5 Å². The second-order valence-electron chi connectivity index (χ2n) is 5.20. The molecule has 20 heavy (non-hydrogen) atoms. The van der Waals surface area contributed by atoms with Crippen molar-refractivity contribution in [2.75, 3.05) is 6.54 Å². The van der Waals surface area contributed by atoms with E-state index in [0.29, 0.717) is 12.1 Å². The minimum atomic E-state index is -0.982. The Morgan fingerprint density at radius 1 is 1.40 bits per heavy atom. The molecule has 2 aromatic rings. The van der Waals surface area contributed by atoms with Crippen molar-refractivity contribution < 1.29 is 9.90 Å². The molecule has 1 amide bonds. The highest BCUT2D eigenvalue weighted by Crippen LogP contribution is 2.34. The molecule has 1 atom stereocenters. The molecule has 0 saturated heterocycles. The fourth-order valence-corrected chi connectivity index (χ4v) is 2.79. The van der Waals surface area contributed by atoms with Gasteiger partial charge in [0.1, 0.15) is 11.3 Å². The van der Waals surface area contributed by atoms with E-state index < -0.39 is 5.60 Å². The highest BCUT2D eigenvalue weighted by molar-refractivity contribution is 5.92. The maximum absolute atomic E-state index is 11.9. The van der Waals surface area contributed by atoms with E-state index in [0.717, 1.165) is 24.0 Å². The van der Waals surface area contributed by atoms with Crippen LogP contribution in [0.25, 0.3) is 0 Å². The van der Waals surface area contributed by atoms with Crippen LogP contribution in [0.3, 0.4) is 0 Å². The summed E-state index contributed by atoms with van der Waals surface area (Å²) in [5.74, 6) is -0.251. The highest BCUT2D eigenvalue weighted by Gasteiger charge is 2.34. The van der Waals surface area contributed by atoms with Crippen LogP contribution in [0.5, 0.6) is 0 Å². The number of nitrogens with one attached hydrogen (secondary N) is 2. The minimum Gasteiger partial charge on any atom is -0.383 e. The molecule has 0 fully saturated rings. The van der Waals surface area contributed by atoms with Crippen molar-refractivity contribution in [2.24, 2.45) is 0 Å². The summed E-state index contributed by atoms with van der Waals surface area (Å²) in [6.45, 7) is 0.210. The van der Waals surface area contributed by atoms with Gasteiger partial charge in [-0.05, 0) is 36.5 Å². The van der Waals surface area contributed by atoms with Crippen LogP contribution in [-0.4, -0.2) is 27.8 Å². The van der Waals surface area contributed by atoms with Gasteiger partial charge in [0.05, 0.1) is 6.54 Å². The summed E-state index contributed by atoms with van der Waals surface area (Å²) in [5.41, 5.74) is 1.51. The summed E-state index contributed by atoms with van der Waals surface area (Å²) >= 11 is 0. The quantitative estimate of drug-likeness (QED) is 0.789. The number of aromatic nitrogens is 2. The van der Waals surface area contributed by atoms with Crippen LogP contribution in [0, 0.1) is 0 Å². The first kappa shape index (κ1) is 12.9. The summed E-state index contributed by atoms with van der Waals surface area (Å²) in [6.07, 6.45) is 4.09. The first-order chi connectivity index (χ1) is 9.69. The molecule has 1 aliphatic carbocycles. The molecule has 0 saturated carbocycles. The van der Waals surface area contributed by atoms with Crippen molar-refractivity contribution in [3.05, 3.63) is 53.3 Å². The smallest absolute Gasteiger partial charge is 0.269 e. The monoisotopic (exact) mass is 271 g/mol. The molecular formula is C15H17N3O2. The Balaban J connectivity index is 1.76. The number of aliphatic hydroxyl groups is 1. The van der Waals surface area contributed by atoms with E-state index in [1.807, 2.05) is 24.3 Å². The summed E-state index contributed by atoms with van der Waals surface area (Å²) in [4.78, 5) is 11.9. The average Bonchev–Trinajstić information content (AvgIpc) is 3.00. The van der Waals surface area contributed by atoms with Crippen LogP contribution in [0.1, 0.15) is 34.5 Å². The Morgan fingerprint density at radius 3 is 3.05 bits per heavy atom. The Morgan fingerprint density at radius 2 is 2.25 bits per heavy atom. The summed E-state index contributed by atoms with van der Waals surface area (Å²) in [5, 5.41) is 20.0. The third-order valence-electron chi connectivity index (χ3n) is 3.84. The molecule has 3 N–H and O–H groups in total. The Hall–Kier alpha value is -2.14. The van der Waals surface area contributed by atoms with E-state index in [4.69, 9.17) is 0 Å². The standard InChI is InChI=1S/C15H17N3O2/c19-14(13-7-9-17-18-13)16-10-15(20)8-3-5-11-4-1-2-6-12(11)15/h1-2,4,6-7,9,20H,3,5,8,10H2,(H,16,19)(H,17,18). The largest absolute Gasteiger partial charge is 0.383 e. The number of fused-ring (bicyclic) bond motifs is 1. The number of amides is 1. The van der Waals surface area contributed by atoms with Crippen molar-refractivity contribution in [1.29, 1.82) is 0 Å². The molecule has 0 aliphatic heterocycles. The zero-order chi connectivity index (χ0) is 14.0. The molecular weight excluding hydrogens is 254 g/mol. The van der Waals surface area contributed by atoms with Gasteiger partial charge in [0.25, 0.3) is 5.91 Å². The van der Waals surface area contributed by atoms with Gasteiger partial charge in [-0.3, -0.25) is 9.89 Å². The van der Waals surface area contributed by atoms with E-state index in [-0.39, 0.29) is 12.5 Å². The number of benzene rings is 1. The highest BCUT2D eigenvalue weighted by atomic mass is 16.3. The van der Waals surface area contributed by atoms with Gasteiger partial charge in [-0.25, -0.2) is 0 Å². The van der Waals surface area contributed by atoms with Crippen LogP contribution < -0.4 is 5.32 Å². The normalized spacial score (nSPS) is 21.2. The Labute approximate surface area is 117 Å². The first-order valence-electron chi connectivity index (χ1n) is 6.77. The lowest BCUT2D eigenvalue weighted by atomic mass is 9.79. The molecule has 5 nitrogen and oxygen atoms in total. The fraction of sp³-hybridized carbons (Fsp3) is 0.333. The Kier molecular flexibility index (Phi) is 3.28. The number of rotatable bonds is 3. The van der Waals surface area contributed by atoms with Crippen molar-refractivity contribution in [3.63, 3.8) is 0 Å². The molecule has 1 aromatic heterocycles. The lowest BCUT2D eigenvalue weighted by Crippen LogP contribution is -2.43. The molecule has 104 valence electrons. The second kappa shape index (κ2) is 5.09. The lowest BCUT2D eigenvalue weighted by molar-refractivity contribution is 0.0189. The van der Waals surface area contributed by atoms with E-state index in [9.17, 15) is 9.90 Å². The number of H-pyrrole nitrogens is 1. The van der Waals surface area contributed by atoms with Gasteiger partial charge in [-0.2, -0.15) is 5.10 Å². The van der Waals surface area contributed by atoms with Gasteiger partial charge in [-0.1, -0.05) is 24.3 Å². The molecule has 1 aliphatic rings. The maximum atomic E-state index is 11.9. The minimum absolute atomic E-state index is 0.210. The molecule has 1 unspecified atom stereocenters. The van der Waals surface area contributed by atoms with Crippen LogP contribution >= 0.6 is 0 Å². The van der Waals surface area contributed by atoms with Crippen molar-refractivity contribution >= 4 is 5.91 Å². The SMILES string of the molecule is O=C(NCC1(O)CCCc2ccccc21)c1ccn[nH]1. The number of aryl methyl sites for hydroxylation is 1. The van der Waals surface area contributed by atoms with Gasteiger partial charge in [0, 0.05) is 6.20 Å². The predicted molar refractivity (Wildman–Crippen MR) is 74.2 cm³/mol. The fourth-order valence-electron chi connectivity index (χ4n) is 2.79. The number of carbonyl (C=O) groups is 1. The molecule has 1 heterocycles. The molecule has 0 spiro atoms. The van der Waals surface area contributed by atoms with Gasteiger partial charge in [0.2, 0.25) is 0 Å². The van der Waals surface area contributed by atoms with E-state index >= 15 is 0 Å². The zero-order valence-corrected chi connectivity index (χ0v) is 11.1. The molecule has 0 bridgehead atoms. The number of aromatic amines is 1. The summed E-state index contributed by atoms with van der Waals surface area (Å²) in [7, 11) is 0. The van der Waals surface area contributed by atoms with Crippen molar-refractivity contribution in [1.82, 2.24) is 15.5 Å². The van der Waals surface area contributed by atoms with E-state index in [1.54, 1.807) is 6.07 Å². The summed E-state index contributed by atoms with van der Waals surface area (Å²) in [6, 6.07) is 9.49. The van der Waals surface area contributed by atoms with Gasteiger partial charge in [0.15, 0.2) is 0 Å². The van der Waals surface area contributed by atoms with Crippen LogP contribution in [-0.2, 0) is 12.0 Å². The molecule has 5 heteroatoms. The third-order valence-corrected chi connectivity index (χ3v) is 3.84. The number of nitrogens with zero attached hydrogens (tertiary/aromatic N) is 1. The number of hydrogen-bond donors (Lipinski definition) is 3. The lowest BCUT2D eigenvalue weighted by Gasteiger charge is -2.34. The number of carbonyl (C=O) groups excluding carboxylic acids is 1. The van der Waals surface area contributed by atoms with Crippen LogP contribution in [0.4, 0.5) is 0 Å².